The van der Waals surface area contributed by atoms with Crippen LogP contribution >= 0.6 is 27.3 Å². The molecule has 3 aromatic heterocycles. The number of thiophene rings is 1. The Morgan fingerprint density at radius 1 is 1.22 bits per heavy atom. The van der Waals surface area contributed by atoms with Crippen molar-refractivity contribution < 1.29 is 0 Å². The SMILES string of the molecule is CC(C)n1cnc2c(-c3ccc(Br)s3)ncnc21. The summed E-state index contributed by atoms with van der Waals surface area (Å²) >= 11 is 5.12. The fourth-order valence-corrected chi connectivity index (χ4v) is 3.24. The molecule has 4 nitrogen and oxygen atoms in total. The summed E-state index contributed by atoms with van der Waals surface area (Å²) in [5.41, 5.74) is 2.65. The van der Waals surface area contributed by atoms with E-state index in [1.807, 2.05) is 18.5 Å². The van der Waals surface area contributed by atoms with Crippen LogP contribution < -0.4 is 0 Å². The first-order valence-electron chi connectivity index (χ1n) is 5.60. The molecule has 0 aliphatic rings. The monoisotopic (exact) mass is 322 g/mol. The summed E-state index contributed by atoms with van der Waals surface area (Å²) in [6, 6.07) is 4.41. The maximum Gasteiger partial charge on any atom is 0.164 e. The van der Waals surface area contributed by atoms with E-state index >= 15 is 0 Å². The van der Waals surface area contributed by atoms with Crippen LogP contribution in [0.15, 0.2) is 28.6 Å². The molecule has 0 amide bonds. The first-order chi connectivity index (χ1) is 8.66. The second-order valence-electron chi connectivity index (χ2n) is 4.24. The molecule has 0 saturated heterocycles. The van der Waals surface area contributed by atoms with Gasteiger partial charge in [0.15, 0.2) is 5.65 Å². The van der Waals surface area contributed by atoms with Gasteiger partial charge in [-0.25, -0.2) is 15.0 Å². The summed E-state index contributed by atoms with van der Waals surface area (Å²) in [5.74, 6) is 0. The number of halogens is 1. The largest absolute Gasteiger partial charge is 0.313 e. The van der Waals surface area contributed by atoms with E-state index in [4.69, 9.17) is 0 Å². The number of hydrogen-bond acceptors (Lipinski definition) is 4. The van der Waals surface area contributed by atoms with E-state index in [0.29, 0.717) is 6.04 Å². The van der Waals surface area contributed by atoms with Gasteiger partial charge in [-0.3, -0.25) is 0 Å². The highest BCUT2D eigenvalue weighted by Crippen LogP contribution is 2.33. The van der Waals surface area contributed by atoms with Gasteiger partial charge in [-0.1, -0.05) is 0 Å². The second kappa shape index (κ2) is 4.44. The predicted octanol–water partition coefficient (Wildman–Crippen LogP) is 3.90. The van der Waals surface area contributed by atoms with Gasteiger partial charge in [0.2, 0.25) is 0 Å². The lowest BCUT2D eigenvalue weighted by molar-refractivity contribution is 0.612. The zero-order valence-corrected chi connectivity index (χ0v) is 12.4. The van der Waals surface area contributed by atoms with Crippen LogP contribution in [0.25, 0.3) is 21.7 Å². The van der Waals surface area contributed by atoms with E-state index in [9.17, 15) is 0 Å². The Balaban J connectivity index is 2.25. The number of hydrogen-bond donors (Lipinski definition) is 0. The van der Waals surface area contributed by atoms with Gasteiger partial charge in [-0.2, -0.15) is 0 Å². The van der Waals surface area contributed by atoms with Crippen LogP contribution in [-0.4, -0.2) is 19.5 Å². The topological polar surface area (TPSA) is 43.6 Å². The molecular weight excluding hydrogens is 312 g/mol. The summed E-state index contributed by atoms with van der Waals surface area (Å²) in [6.07, 6.45) is 3.43. The van der Waals surface area contributed by atoms with Crippen molar-refractivity contribution >= 4 is 38.4 Å². The Labute approximate surface area is 117 Å². The van der Waals surface area contributed by atoms with Crippen molar-refractivity contribution in [1.29, 1.82) is 0 Å². The number of fused-ring (bicyclic) bond motifs is 1. The minimum atomic E-state index is 0.341. The standard InChI is InChI=1S/C12H11BrN4S/c1-7(2)17-6-16-11-10(14-5-15-12(11)17)8-3-4-9(13)18-8/h3-7H,1-2H3. The van der Waals surface area contributed by atoms with Crippen molar-refractivity contribution in [1.82, 2.24) is 19.5 Å². The first-order valence-corrected chi connectivity index (χ1v) is 7.21. The lowest BCUT2D eigenvalue weighted by Crippen LogP contribution is -2.00. The molecule has 0 saturated carbocycles. The quantitative estimate of drug-likeness (QED) is 0.718. The molecule has 3 rings (SSSR count). The summed E-state index contributed by atoms with van der Waals surface area (Å²) < 4.78 is 3.15. The molecule has 0 radical (unpaired) electrons. The molecule has 0 fully saturated rings. The van der Waals surface area contributed by atoms with E-state index in [1.54, 1.807) is 17.7 Å². The molecule has 3 aromatic rings. The smallest absolute Gasteiger partial charge is 0.164 e. The van der Waals surface area contributed by atoms with Gasteiger partial charge in [0.05, 0.1) is 15.0 Å². The van der Waals surface area contributed by atoms with Crippen molar-refractivity contribution in [3.63, 3.8) is 0 Å². The molecule has 0 spiro atoms. The van der Waals surface area contributed by atoms with E-state index in [1.165, 1.54) is 0 Å². The molecule has 0 aliphatic heterocycles. The lowest BCUT2D eigenvalue weighted by atomic mass is 10.3. The van der Waals surface area contributed by atoms with Gasteiger partial charge in [0, 0.05) is 6.04 Å². The zero-order chi connectivity index (χ0) is 12.7. The summed E-state index contributed by atoms with van der Waals surface area (Å²) in [6.45, 7) is 4.23. The third kappa shape index (κ3) is 1.85. The Bertz CT molecular complexity index is 701. The lowest BCUT2D eigenvalue weighted by Gasteiger charge is -2.06. The minimum Gasteiger partial charge on any atom is -0.313 e. The summed E-state index contributed by atoms with van der Waals surface area (Å²) in [7, 11) is 0. The van der Waals surface area contributed by atoms with Crippen molar-refractivity contribution in [2.24, 2.45) is 0 Å². The van der Waals surface area contributed by atoms with Gasteiger partial charge >= 0.3 is 0 Å². The van der Waals surface area contributed by atoms with Crippen molar-refractivity contribution in [3.8, 4) is 10.6 Å². The maximum atomic E-state index is 4.45. The normalized spacial score (nSPS) is 11.6. The Morgan fingerprint density at radius 3 is 2.72 bits per heavy atom. The van der Waals surface area contributed by atoms with Crippen molar-refractivity contribution in [3.05, 3.63) is 28.6 Å². The molecule has 18 heavy (non-hydrogen) atoms. The first kappa shape index (κ1) is 11.8. The third-order valence-electron chi connectivity index (χ3n) is 2.72. The highest BCUT2D eigenvalue weighted by atomic mass is 79.9. The Hall–Kier alpha value is -1.27. The Morgan fingerprint density at radius 2 is 2.06 bits per heavy atom. The Kier molecular flexibility index (Phi) is 2.91. The fraction of sp³-hybridized carbons (Fsp3) is 0.250. The van der Waals surface area contributed by atoms with Crippen LogP contribution in [0, 0.1) is 0 Å². The maximum absolute atomic E-state index is 4.45. The molecule has 0 bridgehead atoms. The molecule has 0 unspecified atom stereocenters. The molecule has 0 aliphatic carbocycles. The molecule has 0 atom stereocenters. The van der Waals surface area contributed by atoms with Crippen LogP contribution in [0.5, 0.6) is 0 Å². The highest BCUT2D eigenvalue weighted by molar-refractivity contribution is 9.11. The average molecular weight is 323 g/mol. The van der Waals surface area contributed by atoms with Gasteiger partial charge in [-0.15, -0.1) is 11.3 Å². The molecule has 92 valence electrons. The highest BCUT2D eigenvalue weighted by Gasteiger charge is 2.14. The van der Waals surface area contributed by atoms with Crippen molar-refractivity contribution in [2.45, 2.75) is 19.9 Å². The van der Waals surface area contributed by atoms with Gasteiger partial charge in [0.1, 0.15) is 17.5 Å². The van der Waals surface area contributed by atoms with Crippen molar-refractivity contribution in [2.75, 3.05) is 0 Å². The number of nitrogens with zero attached hydrogens (tertiary/aromatic N) is 4. The van der Waals surface area contributed by atoms with Crippen LogP contribution in [0.2, 0.25) is 0 Å². The molecule has 0 N–H and O–H groups in total. The van der Waals surface area contributed by atoms with E-state index < -0.39 is 0 Å². The van der Waals surface area contributed by atoms with E-state index in [-0.39, 0.29) is 0 Å². The average Bonchev–Trinajstić information content (AvgIpc) is 2.94. The number of imidazole rings is 1. The number of rotatable bonds is 2. The van der Waals surface area contributed by atoms with Gasteiger partial charge in [0.25, 0.3) is 0 Å². The molecule has 3 heterocycles. The molecule has 6 heteroatoms. The van der Waals surface area contributed by atoms with E-state index in [0.717, 1.165) is 25.5 Å². The van der Waals surface area contributed by atoms with Gasteiger partial charge in [-0.05, 0) is 41.9 Å². The van der Waals surface area contributed by atoms with Crippen LogP contribution in [-0.2, 0) is 0 Å². The molecular formula is C12H11BrN4S. The van der Waals surface area contributed by atoms with Crippen LogP contribution in [0.3, 0.4) is 0 Å². The third-order valence-corrected chi connectivity index (χ3v) is 4.35. The van der Waals surface area contributed by atoms with Gasteiger partial charge < -0.3 is 4.57 Å². The van der Waals surface area contributed by atoms with E-state index in [2.05, 4.69) is 49.3 Å². The summed E-state index contributed by atoms with van der Waals surface area (Å²) in [5, 5.41) is 0. The van der Waals surface area contributed by atoms with Crippen LogP contribution in [0.1, 0.15) is 19.9 Å². The minimum absolute atomic E-state index is 0.341. The number of aromatic nitrogens is 4. The summed E-state index contributed by atoms with van der Waals surface area (Å²) in [4.78, 5) is 14.3. The fourth-order valence-electron chi connectivity index (χ4n) is 1.85. The predicted molar refractivity (Wildman–Crippen MR) is 76.7 cm³/mol. The molecule has 0 aromatic carbocycles. The zero-order valence-electron chi connectivity index (χ0n) is 9.96. The second-order valence-corrected chi connectivity index (χ2v) is 6.71. The van der Waals surface area contributed by atoms with Crippen LogP contribution in [0.4, 0.5) is 0 Å².